The molecule has 0 aliphatic rings. The number of carbonyl (C=O) groups excluding carboxylic acids is 2. The van der Waals surface area contributed by atoms with Gasteiger partial charge < -0.3 is 20.3 Å². The van der Waals surface area contributed by atoms with Crippen LogP contribution in [-0.4, -0.2) is 47.4 Å². The van der Waals surface area contributed by atoms with Gasteiger partial charge in [-0.15, -0.1) is 0 Å². The van der Waals surface area contributed by atoms with Crippen LogP contribution in [0.2, 0.25) is 0 Å². The lowest BCUT2D eigenvalue weighted by molar-refractivity contribution is -0.143. The largest absolute Gasteiger partial charge is 0.466 e. The van der Waals surface area contributed by atoms with Crippen LogP contribution >= 0.6 is 0 Å². The molecule has 0 heterocycles. The van der Waals surface area contributed by atoms with Gasteiger partial charge in [0.25, 0.3) is 0 Å². The molecule has 6 nitrogen and oxygen atoms in total. The van der Waals surface area contributed by atoms with Crippen molar-refractivity contribution in [2.45, 2.75) is 366 Å². The van der Waals surface area contributed by atoms with Crippen molar-refractivity contribution in [3.05, 3.63) is 12.2 Å². The monoisotopic (exact) mass is 974 g/mol. The fourth-order valence-corrected chi connectivity index (χ4v) is 9.99. The molecular formula is C63H123NO5. The molecule has 0 radical (unpaired) electrons. The second kappa shape index (κ2) is 59.2. The van der Waals surface area contributed by atoms with Crippen molar-refractivity contribution >= 4 is 11.9 Å². The van der Waals surface area contributed by atoms with Crippen LogP contribution in [0.3, 0.4) is 0 Å². The van der Waals surface area contributed by atoms with E-state index in [1.807, 2.05) is 0 Å². The highest BCUT2D eigenvalue weighted by molar-refractivity contribution is 5.76. The van der Waals surface area contributed by atoms with Crippen LogP contribution in [0, 0.1) is 0 Å². The standard InChI is InChI=1S/C63H123NO5/c1-3-5-7-9-11-13-15-17-19-25-29-33-37-41-45-49-53-57-63(68)69-58-54-50-46-42-38-34-30-27-24-22-20-21-23-26-28-32-36-40-44-48-52-56-62(67)64-60(59-65)61(66)55-51-47-43-39-35-31-18-16-14-12-10-8-6-4-2/h21,23,60-61,65-66H,3-20,22,24-59H2,1-2H3,(H,64,67)/b23-21-. The van der Waals surface area contributed by atoms with E-state index in [9.17, 15) is 19.8 Å². The van der Waals surface area contributed by atoms with Crippen molar-refractivity contribution in [3.8, 4) is 0 Å². The Bertz CT molecular complexity index is 1030. The summed E-state index contributed by atoms with van der Waals surface area (Å²) in [5.74, 6) is -0.0278. The van der Waals surface area contributed by atoms with E-state index in [1.165, 1.54) is 283 Å². The van der Waals surface area contributed by atoms with Crippen molar-refractivity contribution in [2.75, 3.05) is 13.2 Å². The van der Waals surface area contributed by atoms with Crippen LogP contribution in [0.25, 0.3) is 0 Å². The minimum Gasteiger partial charge on any atom is -0.466 e. The summed E-state index contributed by atoms with van der Waals surface area (Å²) in [6.45, 7) is 4.97. The van der Waals surface area contributed by atoms with Crippen molar-refractivity contribution in [1.82, 2.24) is 5.32 Å². The van der Waals surface area contributed by atoms with Crippen LogP contribution in [-0.2, 0) is 14.3 Å². The third-order valence-corrected chi connectivity index (χ3v) is 14.8. The molecule has 0 aromatic carbocycles. The normalized spacial score (nSPS) is 12.6. The van der Waals surface area contributed by atoms with E-state index in [4.69, 9.17) is 4.74 Å². The summed E-state index contributed by atoms with van der Waals surface area (Å²) in [7, 11) is 0. The third kappa shape index (κ3) is 55.8. The Morgan fingerprint density at radius 1 is 0.391 bits per heavy atom. The highest BCUT2D eigenvalue weighted by atomic mass is 16.5. The van der Waals surface area contributed by atoms with Gasteiger partial charge in [0.05, 0.1) is 25.4 Å². The summed E-state index contributed by atoms with van der Waals surface area (Å²) in [6, 6.07) is -0.546. The van der Waals surface area contributed by atoms with Gasteiger partial charge in [-0.3, -0.25) is 9.59 Å². The van der Waals surface area contributed by atoms with Crippen LogP contribution in [0.1, 0.15) is 354 Å². The Morgan fingerprint density at radius 3 is 1.03 bits per heavy atom. The average molecular weight is 975 g/mol. The zero-order chi connectivity index (χ0) is 50.0. The lowest BCUT2D eigenvalue weighted by Gasteiger charge is -2.22. The molecule has 0 saturated heterocycles. The van der Waals surface area contributed by atoms with Crippen molar-refractivity contribution in [3.63, 3.8) is 0 Å². The number of ether oxygens (including phenoxy) is 1. The maximum absolute atomic E-state index is 12.5. The van der Waals surface area contributed by atoms with Gasteiger partial charge in [0.2, 0.25) is 5.91 Å². The smallest absolute Gasteiger partial charge is 0.305 e. The zero-order valence-corrected chi connectivity index (χ0v) is 46.8. The number of amides is 1. The van der Waals surface area contributed by atoms with Gasteiger partial charge in [-0.25, -0.2) is 0 Å². The van der Waals surface area contributed by atoms with Gasteiger partial charge in [0, 0.05) is 12.8 Å². The van der Waals surface area contributed by atoms with E-state index >= 15 is 0 Å². The van der Waals surface area contributed by atoms with Crippen LogP contribution < -0.4 is 5.32 Å². The quantitative estimate of drug-likeness (QED) is 0.0321. The molecule has 1 amide bonds. The van der Waals surface area contributed by atoms with E-state index in [1.54, 1.807) is 0 Å². The first-order valence-electron chi connectivity index (χ1n) is 31.4. The predicted octanol–water partition coefficient (Wildman–Crippen LogP) is 19.6. The number of nitrogens with one attached hydrogen (secondary N) is 1. The van der Waals surface area contributed by atoms with Crippen molar-refractivity contribution < 1.29 is 24.5 Å². The minimum atomic E-state index is -0.668. The number of hydrogen-bond acceptors (Lipinski definition) is 5. The molecule has 410 valence electrons. The Labute approximate surface area is 431 Å². The van der Waals surface area contributed by atoms with E-state index < -0.39 is 12.1 Å². The van der Waals surface area contributed by atoms with E-state index in [0.29, 0.717) is 25.9 Å². The van der Waals surface area contributed by atoms with E-state index in [-0.39, 0.29) is 18.5 Å². The molecule has 0 rings (SSSR count). The topological polar surface area (TPSA) is 95.9 Å². The molecule has 0 saturated carbocycles. The van der Waals surface area contributed by atoms with Crippen molar-refractivity contribution in [1.29, 1.82) is 0 Å². The summed E-state index contributed by atoms with van der Waals surface area (Å²) in [6.07, 6.45) is 70.8. The molecule has 6 heteroatoms. The van der Waals surface area contributed by atoms with E-state index in [2.05, 4.69) is 31.3 Å². The first-order valence-corrected chi connectivity index (χ1v) is 31.4. The molecule has 2 unspecified atom stereocenters. The number of allylic oxidation sites excluding steroid dienone is 2. The van der Waals surface area contributed by atoms with Gasteiger partial charge in [0.1, 0.15) is 0 Å². The summed E-state index contributed by atoms with van der Waals surface area (Å²) in [5, 5.41) is 23.3. The summed E-state index contributed by atoms with van der Waals surface area (Å²) in [5.41, 5.74) is 0. The number of carbonyl (C=O) groups is 2. The van der Waals surface area contributed by atoms with Gasteiger partial charge in [0.15, 0.2) is 0 Å². The number of aliphatic hydroxyl groups is 2. The Kier molecular flexibility index (Phi) is 58.0. The summed E-state index contributed by atoms with van der Waals surface area (Å²) < 4.78 is 5.50. The number of rotatable bonds is 59. The van der Waals surface area contributed by atoms with Gasteiger partial charge in [-0.1, -0.05) is 302 Å². The number of unbranched alkanes of at least 4 members (excludes halogenated alkanes) is 46. The van der Waals surface area contributed by atoms with E-state index in [0.717, 1.165) is 38.5 Å². The molecule has 0 spiro atoms. The molecule has 0 aliphatic heterocycles. The number of esters is 1. The lowest BCUT2D eigenvalue weighted by atomic mass is 10.0. The summed E-state index contributed by atoms with van der Waals surface area (Å²) in [4.78, 5) is 24.6. The molecule has 2 atom stereocenters. The zero-order valence-electron chi connectivity index (χ0n) is 46.8. The maximum Gasteiger partial charge on any atom is 0.305 e. The Balaban J connectivity index is 3.39. The molecule has 3 N–H and O–H groups in total. The first-order chi connectivity index (χ1) is 34.0. The minimum absolute atomic E-state index is 0.0129. The maximum atomic E-state index is 12.5. The molecule has 0 aromatic rings. The predicted molar refractivity (Wildman–Crippen MR) is 301 cm³/mol. The molecule has 0 aromatic heterocycles. The van der Waals surface area contributed by atoms with Crippen LogP contribution in [0.15, 0.2) is 12.2 Å². The first kappa shape index (κ1) is 67.6. The molecule has 0 bridgehead atoms. The molecule has 69 heavy (non-hydrogen) atoms. The molecule has 0 fully saturated rings. The highest BCUT2D eigenvalue weighted by Crippen LogP contribution is 2.18. The van der Waals surface area contributed by atoms with Crippen molar-refractivity contribution in [2.24, 2.45) is 0 Å². The highest BCUT2D eigenvalue weighted by Gasteiger charge is 2.20. The molecule has 0 aliphatic carbocycles. The average Bonchev–Trinajstić information content (AvgIpc) is 3.35. The van der Waals surface area contributed by atoms with Crippen LogP contribution in [0.4, 0.5) is 0 Å². The van der Waals surface area contributed by atoms with Gasteiger partial charge >= 0.3 is 5.97 Å². The second-order valence-electron chi connectivity index (χ2n) is 21.7. The summed E-state index contributed by atoms with van der Waals surface area (Å²) >= 11 is 0. The number of aliphatic hydroxyl groups excluding tert-OH is 2. The second-order valence-corrected chi connectivity index (χ2v) is 21.7. The SMILES string of the molecule is CCCCCCCCCCCCCCCCCCCC(=O)OCCCCCCCCCCCC/C=C\CCCCCCCCCC(=O)NC(CO)C(O)CCCCCCCCCCCCCCCC. The third-order valence-electron chi connectivity index (χ3n) is 14.8. The Hall–Kier alpha value is -1.40. The Morgan fingerprint density at radius 2 is 0.681 bits per heavy atom. The number of hydrogen-bond donors (Lipinski definition) is 3. The van der Waals surface area contributed by atoms with Crippen LogP contribution in [0.5, 0.6) is 0 Å². The lowest BCUT2D eigenvalue weighted by Crippen LogP contribution is -2.45. The molecular weight excluding hydrogens is 851 g/mol. The fraction of sp³-hybridized carbons (Fsp3) is 0.937. The van der Waals surface area contributed by atoms with Gasteiger partial charge in [-0.05, 0) is 51.4 Å². The van der Waals surface area contributed by atoms with Gasteiger partial charge in [-0.2, -0.15) is 0 Å². The fourth-order valence-electron chi connectivity index (χ4n) is 9.99.